The van der Waals surface area contributed by atoms with Gasteiger partial charge in [-0.25, -0.2) is 0 Å². The van der Waals surface area contributed by atoms with E-state index in [0.717, 1.165) is 11.5 Å². The third-order valence-corrected chi connectivity index (χ3v) is 6.11. The van der Waals surface area contributed by atoms with Gasteiger partial charge in [-0.15, -0.1) is 0 Å². The average Bonchev–Trinajstić information content (AvgIpc) is 2.76. The van der Waals surface area contributed by atoms with E-state index in [1.165, 1.54) is 77.2 Å². The van der Waals surface area contributed by atoms with Gasteiger partial charge in [-0.3, -0.25) is 0 Å². The van der Waals surface area contributed by atoms with Crippen molar-refractivity contribution in [2.45, 2.75) is 83.6 Å². The minimum absolute atomic E-state index is 0.630. The smallest absolute Gasteiger partial charge is 0.0124 e. The Balaban J connectivity index is 1.52. The third kappa shape index (κ3) is 2.28. The van der Waals surface area contributed by atoms with E-state index in [-0.39, 0.29) is 0 Å². The molecule has 3 saturated carbocycles. The van der Waals surface area contributed by atoms with Crippen molar-refractivity contribution in [3.05, 3.63) is 0 Å². The van der Waals surface area contributed by atoms with Gasteiger partial charge in [-0.1, -0.05) is 39.0 Å². The molecular formula is C16H29N. The first-order chi connectivity index (χ1) is 8.23. The molecule has 0 aromatic heterocycles. The van der Waals surface area contributed by atoms with E-state index in [1.54, 1.807) is 0 Å². The van der Waals surface area contributed by atoms with Crippen LogP contribution in [0.2, 0.25) is 0 Å². The van der Waals surface area contributed by atoms with E-state index >= 15 is 0 Å². The predicted octanol–water partition coefficient (Wildman–Crippen LogP) is 4.27. The van der Waals surface area contributed by atoms with Crippen LogP contribution in [-0.2, 0) is 0 Å². The normalized spacial score (nSPS) is 34.8. The molecule has 0 amide bonds. The highest BCUT2D eigenvalue weighted by molar-refractivity contribution is 5.02. The summed E-state index contributed by atoms with van der Waals surface area (Å²) in [6.45, 7) is 3.79. The van der Waals surface area contributed by atoms with Gasteiger partial charge < -0.3 is 5.32 Å². The van der Waals surface area contributed by atoms with Crippen molar-refractivity contribution in [1.29, 1.82) is 0 Å². The molecule has 0 bridgehead atoms. The van der Waals surface area contributed by atoms with Crippen LogP contribution in [0.3, 0.4) is 0 Å². The lowest BCUT2D eigenvalue weighted by Crippen LogP contribution is -2.55. The molecule has 1 nitrogen and oxygen atoms in total. The van der Waals surface area contributed by atoms with Crippen LogP contribution in [0.1, 0.15) is 77.6 Å². The number of nitrogens with one attached hydrogen (secondary N) is 1. The highest BCUT2D eigenvalue weighted by atomic mass is 15.0. The van der Waals surface area contributed by atoms with Gasteiger partial charge in [-0.2, -0.15) is 0 Å². The van der Waals surface area contributed by atoms with E-state index in [1.807, 2.05) is 0 Å². The largest absolute Gasteiger partial charge is 0.313 e. The van der Waals surface area contributed by atoms with Crippen LogP contribution in [0.15, 0.2) is 0 Å². The first-order valence-electron chi connectivity index (χ1n) is 7.96. The van der Waals surface area contributed by atoms with Gasteiger partial charge in [0.15, 0.2) is 0 Å². The molecule has 0 saturated heterocycles. The minimum atomic E-state index is 0.630. The quantitative estimate of drug-likeness (QED) is 0.770. The van der Waals surface area contributed by atoms with Gasteiger partial charge >= 0.3 is 0 Å². The topological polar surface area (TPSA) is 12.0 Å². The van der Waals surface area contributed by atoms with Gasteiger partial charge in [0.05, 0.1) is 0 Å². The second kappa shape index (κ2) is 4.57. The predicted molar refractivity (Wildman–Crippen MR) is 73.1 cm³/mol. The summed E-state index contributed by atoms with van der Waals surface area (Å²) in [6.07, 6.45) is 16.3. The molecule has 98 valence electrons. The Morgan fingerprint density at radius 3 is 2.12 bits per heavy atom. The monoisotopic (exact) mass is 235 g/mol. The lowest BCUT2D eigenvalue weighted by atomic mass is 9.57. The van der Waals surface area contributed by atoms with Crippen molar-refractivity contribution in [3.63, 3.8) is 0 Å². The summed E-state index contributed by atoms with van der Waals surface area (Å²) in [5, 5.41) is 3.96. The Hall–Kier alpha value is -0.0400. The Labute approximate surface area is 107 Å². The van der Waals surface area contributed by atoms with E-state index in [2.05, 4.69) is 12.2 Å². The molecule has 1 spiro atoms. The number of hydrogen-bond acceptors (Lipinski definition) is 1. The molecule has 1 heteroatoms. The molecule has 1 atom stereocenters. The summed E-state index contributed by atoms with van der Waals surface area (Å²) in [5.74, 6) is 0. The van der Waals surface area contributed by atoms with Crippen LogP contribution in [0.25, 0.3) is 0 Å². The maximum absolute atomic E-state index is 3.96. The van der Waals surface area contributed by atoms with E-state index in [0.29, 0.717) is 5.41 Å². The van der Waals surface area contributed by atoms with Crippen molar-refractivity contribution in [1.82, 2.24) is 5.32 Å². The molecular weight excluding hydrogens is 206 g/mol. The first-order valence-corrected chi connectivity index (χ1v) is 7.96. The zero-order valence-electron chi connectivity index (χ0n) is 11.6. The molecule has 0 aromatic rings. The zero-order chi connectivity index (χ0) is 11.8. The van der Waals surface area contributed by atoms with Crippen LogP contribution >= 0.6 is 0 Å². The number of hydrogen-bond donors (Lipinski definition) is 1. The fourth-order valence-corrected chi connectivity index (χ4v) is 4.64. The third-order valence-electron chi connectivity index (χ3n) is 6.11. The van der Waals surface area contributed by atoms with Crippen LogP contribution in [-0.4, -0.2) is 12.6 Å². The molecule has 1 N–H and O–H groups in total. The lowest BCUT2D eigenvalue weighted by Gasteiger charge is -2.53. The molecule has 3 fully saturated rings. The van der Waals surface area contributed by atoms with Crippen LogP contribution in [0.5, 0.6) is 0 Å². The van der Waals surface area contributed by atoms with Gasteiger partial charge in [0.1, 0.15) is 0 Å². The van der Waals surface area contributed by atoms with Crippen molar-refractivity contribution in [3.8, 4) is 0 Å². The Morgan fingerprint density at radius 2 is 1.53 bits per heavy atom. The fraction of sp³-hybridized carbons (Fsp3) is 1.00. The van der Waals surface area contributed by atoms with Gasteiger partial charge in [0.2, 0.25) is 0 Å². The number of rotatable bonds is 3. The van der Waals surface area contributed by atoms with Gasteiger partial charge in [-0.05, 0) is 49.4 Å². The van der Waals surface area contributed by atoms with Crippen molar-refractivity contribution < 1.29 is 0 Å². The SMILES string of the molecule is CC1(CNC2CCC23CCCCC3)CCCC1. The summed E-state index contributed by atoms with van der Waals surface area (Å²) in [7, 11) is 0. The maximum atomic E-state index is 3.96. The Bertz CT molecular complexity index is 259. The molecule has 3 aliphatic rings. The van der Waals surface area contributed by atoms with E-state index < -0.39 is 0 Å². The summed E-state index contributed by atoms with van der Waals surface area (Å²) >= 11 is 0. The summed E-state index contributed by atoms with van der Waals surface area (Å²) in [6, 6.07) is 0.875. The standard InChI is InChI=1S/C16H29N/c1-15(8-5-6-9-15)13-17-14-7-12-16(14)10-3-2-4-11-16/h14,17H,2-13H2,1H3. The minimum Gasteiger partial charge on any atom is -0.313 e. The van der Waals surface area contributed by atoms with Crippen molar-refractivity contribution in [2.24, 2.45) is 10.8 Å². The molecule has 0 aromatic carbocycles. The fourth-order valence-electron chi connectivity index (χ4n) is 4.64. The van der Waals surface area contributed by atoms with Crippen LogP contribution < -0.4 is 5.32 Å². The maximum Gasteiger partial charge on any atom is 0.0124 e. The highest BCUT2D eigenvalue weighted by Crippen LogP contribution is 2.52. The molecule has 0 aliphatic heterocycles. The molecule has 17 heavy (non-hydrogen) atoms. The van der Waals surface area contributed by atoms with Crippen LogP contribution in [0.4, 0.5) is 0 Å². The van der Waals surface area contributed by atoms with Crippen molar-refractivity contribution >= 4 is 0 Å². The molecule has 3 aliphatic carbocycles. The van der Waals surface area contributed by atoms with Gasteiger partial charge in [0.25, 0.3) is 0 Å². The Morgan fingerprint density at radius 1 is 0.882 bits per heavy atom. The highest BCUT2D eigenvalue weighted by Gasteiger charge is 2.47. The molecule has 3 rings (SSSR count). The second-order valence-electron chi connectivity index (χ2n) is 7.41. The first kappa shape index (κ1) is 12.0. The Kier molecular flexibility index (Phi) is 3.23. The zero-order valence-corrected chi connectivity index (χ0v) is 11.6. The van der Waals surface area contributed by atoms with Crippen molar-refractivity contribution in [2.75, 3.05) is 6.54 Å². The van der Waals surface area contributed by atoms with Crippen LogP contribution in [0, 0.1) is 10.8 Å². The van der Waals surface area contributed by atoms with E-state index in [4.69, 9.17) is 0 Å². The molecule has 0 heterocycles. The summed E-state index contributed by atoms with van der Waals surface area (Å²) < 4.78 is 0. The molecule has 0 radical (unpaired) electrons. The molecule has 1 unspecified atom stereocenters. The lowest BCUT2D eigenvalue weighted by molar-refractivity contribution is 0.0174. The average molecular weight is 235 g/mol. The van der Waals surface area contributed by atoms with E-state index in [9.17, 15) is 0 Å². The second-order valence-corrected chi connectivity index (χ2v) is 7.41. The summed E-state index contributed by atoms with van der Waals surface area (Å²) in [5.41, 5.74) is 1.37. The summed E-state index contributed by atoms with van der Waals surface area (Å²) in [4.78, 5) is 0. The van der Waals surface area contributed by atoms with Gasteiger partial charge in [0, 0.05) is 12.6 Å².